The molecular formula is C19H18F2N4. The van der Waals surface area contributed by atoms with E-state index in [2.05, 4.69) is 9.88 Å². The highest BCUT2D eigenvalue weighted by molar-refractivity contribution is 5.57. The van der Waals surface area contributed by atoms with E-state index < -0.39 is 0 Å². The summed E-state index contributed by atoms with van der Waals surface area (Å²) in [7, 11) is 1.97. The van der Waals surface area contributed by atoms with Crippen molar-refractivity contribution < 1.29 is 8.78 Å². The largest absolute Gasteiger partial charge is 0.330 e. The Morgan fingerprint density at radius 2 is 1.92 bits per heavy atom. The van der Waals surface area contributed by atoms with Crippen molar-refractivity contribution in [3.63, 3.8) is 0 Å². The van der Waals surface area contributed by atoms with Crippen LogP contribution in [0.2, 0.25) is 0 Å². The Kier molecular flexibility index (Phi) is 4.05. The van der Waals surface area contributed by atoms with Gasteiger partial charge in [-0.3, -0.25) is 9.88 Å². The predicted molar refractivity (Wildman–Crippen MR) is 90.6 cm³/mol. The molecule has 0 saturated heterocycles. The van der Waals surface area contributed by atoms with Crippen molar-refractivity contribution in [3.05, 3.63) is 71.3 Å². The van der Waals surface area contributed by atoms with E-state index in [1.807, 2.05) is 11.6 Å². The summed E-state index contributed by atoms with van der Waals surface area (Å²) in [6.45, 7) is 1.97. The van der Waals surface area contributed by atoms with E-state index in [-0.39, 0.29) is 11.6 Å². The molecule has 0 N–H and O–H groups in total. The van der Waals surface area contributed by atoms with Gasteiger partial charge in [-0.15, -0.1) is 0 Å². The van der Waals surface area contributed by atoms with Crippen LogP contribution >= 0.6 is 0 Å². The number of benzene rings is 1. The second-order valence-electron chi connectivity index (χ2n) is 6.29. The summed E-state index contributed by atoms with van der Waals surface area (Å²) in [5, 5.41) is 0. The first-order valence-corrected chi connectivity index (χ1v) is 8.24. The number of rotatable bonds is 3. The fourth-order valence-electron chi connectivity index (χ4n) is 3.28. The van der Waals surface area contributed by atoms with Gasteiger partial charge in [0.15, 0.2) is 0 Å². The lowest BCUT2D eigenvalue weighted by Crippen LogP contribution is -2.31. The zero-order valence-corrected chi connectivity index (χ0v) is 13.9. The molecular weight excluding hydrogens is 322 g/mol. The van der Waals surface area contributed by atoms with Crippen LogP contribution in [-0.4, -0.2) is 26.0 Å². The number of pyridine rings is 1. The molecule has 0 radical (unpaired) electrons. The topological polar surface area (TPSA) is 34.0 Å². The van der Waals surface area contributed by atoms with Crippen LogP contribution < -0.4 is 0 Å². The summed E-state index contributed by atoms with van der Waals surface area (Å²) >= 11 is 0. The number of imidazole rings is 1. The smallest absolute Gasteiger partial charge is 0.146 e. The predicted octanol–water partition coefficient (Wildman–Crippen LogP) is 3.32. The van der Waals surface area contributed by atoms with E-state index in [4.69, 9.17) is 4.98 Å². The highest BCUT2D eigenvalue weighted by Gasteiger charge is 2.24. The number of aromatic nitrogens is 3. The molecule has 0 fully saturated rings. The van der Waals surface area contributed by atoms with Crippen molar-refractivity contribution in [1.82, 2.24) is 19.4 Å². The Balaban J connectivity index is 1.59. The van der Waals surface area contributed by atoms with Crippen LogP contribution in [0.3, 0.4) is 0 Å². The summed E-state index contributed by atoms with van der Waals surface area (Å²) in [5.41, 5.74) is 3.52. The van der Waals surface area contributed by atoms with Crippen molar-refractivity contribution >= 4 is 0 Å². The number of nitrogens with zero attached hydrogens (tertiary/aromatic N) is 4. The van der Waals surface area contributed by atoms with Crippen molar-refractivity contribution in [2.75, 3.05) is 6.54 Å². The highest BCUT2D eigenvalue weighted by atomic mass is 19.1. The van der Waals surface area contributed by atoms with Gasteiger partial charge < -0.3 is 4.57 Å². The average molecular weight is 340 g/mol. The minimum absolute atomic E-state index is 0.258. The standard InChI is InChI=1S/C19H18F2N4/c1-24-18-12-25(11-17-15(21)3-2-9-22-17)10-8-16(18)23-19(24)13-4-6-14(20)7-5-13/h2-7,9H,8,10-12H2,1H3. The van der Waals surface area contributed by atoms with E-state index in [0.717, 1.165) is 35.7 Å². The quantitative estimate of drug-likeness (QED) is 0.733. The van der Waals surface area contributed by atoms with E-state index in [9.17, 15) is 8.78 Å². The summed E-state index contributed by atoms with van der Waals surface area (Å²) in [6.07, 6.45) is 2.42. The van der Waals surface area contributed by atoms with Gasteiger partial charge in [-0.05, 0) is 36.4 Å². The molecule has 6 heteroatoms. The molecule has 4 nitrogen and oxygen atoms in total. The maximum absolute atomic E-state index is 13.8. The van der Waals surface area contributed by atoms with Crippen molar-refractivity contribution in [2.24, 2.45) is 7.05 Å². The Morgan fingerprint density at radius 3 is 2.68 bits per heavy atom. The molecule has 0 spiro atoms. The van der Waals surface area contributed by atoms with Gasteiger partial charge in [0.1, 0.15) is 17.5 Å². The molecule has 0 amide bonds. The van der Waals surface area contributed by atoms with E-state index >= 15 is 0 Å². The average Bonchev–Trinajstić information content (AvgIpc) is 2.94. The molecule has 0 saturated carbocycles. The van der Waals surface area contributed by atoms with E-state index in [1.54, 1.807) is 24.4 Å². The summed E-state index contributed by atoms with van der Waals surface area (Å²) < 4.78 is 29.0. The monoisotopic (exact) mass is 340 g/mol. The number of fused-ring (bicyclic) bond motifs is 1. The lowest BCUT2D eigenvalue weighted by molar-refractivity contribution is 0.232. The van der Waals surface area contributed by atoms with Crippen LogP contribution in [0.25, 0.3) is 11.4 Å². The molecule has 0 aliphatic carbocycles. The fraction of sp³-hybridized carbons (Fsp3) is 0.263. The fourth-order valence-corrected chi connectivity index (χ4v) is 3.28. The SMILES string of the molecule is Cn1c(-c2ccc(F)cc2)nc2c1CN(Cc1ncccc1F)CC2. The van der Waals surface area contributed by atoms with Gasteiger partial charge in [-0.25, -0.2) is 13.8 Å². The van der Waals surface area contributed by atoms with Crippen molar-refractivity contribution in [1.29, 1.82) is 0 Å². The minimum atomic E-state index is -0.273. The van der Waals surface area contributed by atoms with Crippen LogP contribution in [-0.2, 0) is 26.6 Å². The Morgan fingerprint density at radius 1 is 1.12 bits per heavy atom. The molecule has 1 aliphatic heterocycles. The maximum atomic E-state index is 13.8. The van der Waals surface area contributed by atoms with Crippen LogP contribution in [0.5, 0.6) is 0 Å². The molecule has 0 bridgehead atoms. The zero-order chi connectivity index (χ0) is 17.4. The zero-order valence-electron chi connectivity index (χ0n) is 13.9. The third kappa shape index (κ3) is 3.05. The summed E-state index contributed by atoms with van der Waals surface area (Å²) in [4.78, 5) is 11.0. The van der Waals surface area contributed by atoms with Crippen molar-refractivity contribution in [3.8, 4) is 11.4 Å². The third-order valence-electron chi connectivity index (χ3n) is 4.65. The first kappa shape index (κ1) is 15.9. The molecule has 25 heavy (non-hydrogen) atoms. The van der Waals surface area contributed by atoms with Gasteiger partial charge in [-0.1, -0.05) is 0 Å². The van der Waals surface area contributed by atoms with Crippen molar-refractivity contribution in [2.45, 2.75) is 19.5 Å². The number of hydrogen-bond donors (Lipinski definition) is 0. The maximum Gasteiger partial charge on any atom is 0.146 e. The third-order valence-corrected chi connectivity index (χ3v) is 4.65. The summed E-state index contributed by atoms with van der Waals surface area (Å²) in [6, 6.07) is 9.41. The van der Waals surface area contributed by atoms with Gasteiger partial charge in [0.05, 0.1) is 17.1 Å². The minimum Gasteiger partial charge on any atom is -0.330 e. The molecule has 0 unspecified atom stereocenters. The van der Waals surface area contributed by atoms with Gasteiger partial charge in [-0.2, -0.15) is 0 Å². The molecule has 128 valence electrons. The molecule has 2 aromatic heterocycles. The Hall–Kier alpha value is -2.60. The Labute approximate surface area is 144 Å². The molecule has 4 rings (SSSR count). The van der Waals surface area contributed by atoms with Crippen LogP contribution in [0.4, 0.5) is 8.78 Å². The summed E-state index contributed by atoms with van der Waals surface area (Å²) in [5.74, 6) is 0.299. The van der Waals surface area contributed by atoms with E-state index in [1.165, 1.54) is 18.2 Å². The molecule has 1 aromatic carbocycles. The van der Waals surface area contributed by atoms with Gasteiger partial charge in [0, 0.05) is 44.9 Å². The molecule has 3 heterocycles. The molecule has 0 atom stereocenters. The van der Waals surface area contributed by atoms with Gasteiger partial charge in [0.2, 0.25) is 0 Å². The van der Waals surface area contributed by atoms with Crippen LogP contribution in [0.15, 0.2) is 42.6 Å². The van der Waals surface area contributed by atoms with Gasteiger partial charge in [0.25, 0.3) is 0 Å². The second kappa shape index (κ2) is 6.37. The lowest BCUT2D eigenvalue weighted by Gasteiger charge is -2.26. The van der Waals surface area contributed by atoms with Gasteiger partial charge >= 0.3 is 0 Å². The molecule has 3 aromatic rings. The Bertz CT molecular complexity index is 902. The number of halogens is 2. The lowest BCUT2D eigenvalue weighted by atomic mass is 10.1. The first-order valence-electron chi connectivity index (χ1n) is 8.24. The van der Waals surface area contributed by atoms with Crippen LogP contribution in [0.1, 0.15) is 17.1 Å². The van der Waals surface area contributed by atoms with Crippen LogP contribution in [0, 0.1) is 11.6 Å². The normalized spacial score (nSPS) is 14.5. The first-order chi connectivity index (χ1) is 12.1. The second-order valence-corrected chi connectivity index (χ2v) is 6.29. The van der Waals surface area contributed by atoms with E-state index in [0.29, 0.717) is 18.8 Å². The highest BCUT2D eigenvalue weighted by Crippen LogP contribution is 2.26. The number of hydrogen-bond acceptors (Lipinski definition) is 3. The molecule has 1 aliphatic rings.